The van der Waals surface area contributed by atoms with Crippen molar-refractivity contribution in [3.8, 4) is 22.4 Å². The van der Waals surface area contributed by atoms with E-state index >= 15 is 0 Å². The lowest BCUT2D eigenvalue weighted by molar-refractivity contribution is 1.32. The van der Waals surface area contributed by atoms with Gasteiger partial charge in [-0.3, -0.25) is 4.98 Å². The molecule has 0 N–H and O–H groups in total. The molecule has 0 aliphatic carbocycles. The molecule has 7 heteroatoms. The summed E-state index contributed by atoms with van der Waals surface area (Å²) in [7, 11) is 0. The summed E-state index contributed by atoms with van der Waals surface area (Å²) >= 11 is 37.4. The van der Waals surface area contributed by atoms with Crippen molar-refractivity contribution in [2.45, 2.75) is 0 Å². The Morgan fingerprint density at radius 2 is 1.08 bits per heavy atom. The predicted molar refractivity (Wildman–Crippen MR) is 105 cm³/mol. The molecule has 0 radical (unpaired) electrons. The molecule has 1 aromatic heterocycles. The normalized spacial score (nSPS) is 10.9. The SMILES string of the molecule is Clc1cc(Cl)c(-c2cccnc2-c2c(Cl)cc(Cl)cc2Cl)c(Cl)c1. The fraction of sp³-hybridized carbons (Fsp3) is 0. The topological polar surface area (TPSA) is 12.9 Å². The first-order valence-corrected chi connectivity index (χ1v) is 8.90. The zero-order valence-corrected chi connectivity index (χ0v) is 16.3. The van der Waals surface area contributed by atoms with E-state index in [0.29, 0.717) is 52.5 Å². The van der Waals surface area contributed by atoms with E-state index in [1.807, 2.05) is 6.07 Å². The van der Waals surface area contributed by atoms with Crippen LogP contribution in [0.4, 0.5) is 0 Å². The molecule has 0 saturated carbocycles. The Bertz CT molecular complexity index is 816. The number of hydrogen-bond acceptors (Lipinski definition) is 1. The minimum atomic E-state index is 0.383. The molecule has 1 nitrogen and oxygen atoms in total. The van der Waals surface area contributed by atoms with Crippen molar-refractivity contribution in [2.75, 3.05) is 0 Å². The van der Waals surface area contributed by atoms with Crippen LogP contribution in [-0.2, 0) is 0 Å². The molecular formula is C17H7Cl6N. The third-order valence-electron chi connectivity index (χ3n) is 3.33. The maximum Gasteiger partial charge on any atom is 0.0811 e. The van der Waals surface area contributed by atoms with Crippen molar-refractivity contribution >= 4 is 69.6 Å². The molecule has 0 aliphatic heterocycles. The molecule has 24 heavy (non-hydrogen) atoms. The number of rotatable bonds is 2. The highest BCUT2D eigenvalue weighted by Gasteiger charge is 2.19. The molecule has 0 spiro atoms. The van der Waals surface area contributed by atoms with Crippen LogP contribution in [0.5, 0.6) is 0 Å². The lowest BCUT2D eigenvalue weighted by atomic mass is 9.99. The molecule has 2 aromatic carbocycles. The molecule has 0 aliphatic rings. The van der Waals surface area contributed by atoms with E-state index < -0.39 is 0 Å². The Labute approximate surface area is 169 Å². The Balaban J connectivity index is 2.33. The molecular weight excluding hydrogens is 431 g/mol. The Morgan fingerprint density at radius 3 is 1.58 bits per heavy atom. The van der Waals surface area contributed by atoms with Gasteiger partial charge in [-0.15, -0.1) is 0 Å². The lowest BCUT2D eigenvalue weighted by Gasteiger charge is -2.14. The van der Waals surface area contributed by atoms with Gasteiger partial charge in [0, 0.05) is 32.9 Å². The molecule has 0 bridgehead atoms. The molecule has 0 atom stereocenters. The summed E-state index contributed by atoms with van der Waals surface area (Å²) in [4.78, 5) is 4.42. The first kappa shape index (κ1) is 18.1. The van der Waals surface area contributed by atoms with Gasteiger partial charge in [-0.1, -0.05) is 75.7 Å². The van der Waals surface area contributed by atoms with Gasteiger partial charge < -0.3 is 0 Å². The first-order chi connectivity index (χ1) is 11.4. The number of pyridine rings is 1. The van der Waals surface area contributed by atoms with Crippen LogP contribution in [0.2, 0.25) is 30.1 Å². The van der Waals surface area contributed by atoms with Crippen LogP contribution >= 0.6 is 69.6 Å². The zero-order chi connectivity index (χ0) is 17.4. The van der Waals surface area contributed by atoms with Gasteiger partial charge in [-0.25, -0.2) is 0 Å². The maximum absolute atomic E-state index is 6.35. The first-order valence-electron chi connectivity index (χ1n) is 6.63. The molecule has 1 heterocycles. The summed E-state index contributed by atoms with van der Waals surface area (Å²) in [6, 6.07) is 10.1. The molecule has 0 amide bonds. The Morgan fingerprint density at radius 1 is 0.625 bits per heavy atom. The van der Waals surface area contributed by atoms with Crippen LogP contribution in [0.15, 0.2) is 42.6 Å². The summed E-state index contributed by atoms with van der Waals surface area (Å²) in [5.41, 5.74) is 2.40. The van der Waals surface area contributed by atoms with Crippen LogP contribution in [0.3, 0.4) is 0 Å². The number of benzene rings is 2. The van der Waals surface area contributed by atoms with Crippen molar-refractivity contribution in [1.82, 2.24) is 4.98 Å². The predicted octanol–water partition coefficient (Wildman–Crippen LogP) is 8.34. The molecule has 3 aromatic rings. The summed E-state index contributed by atoms with van der Waals surface area (Å²) in [6.45, 7) is 0. The van der Waals surface area contributed by atoms with Crippen molar-refractivity contribution in [1.29, 1.82) is 0 Å². The minimum Gasteiger partial charge on any atom is -0.255 e. The van der Waals surface area contributed by atoms with Gasteiger partial charge in [-0.2, -0.15) is 0 Å². The van der Waals surface area contributed by atoms with Crippen molar-refractivity contribution in [3.05, 3.63) is 72.7 Å². The van der Waals surface area contributed by atoms with Gasteiger partial charge in [0.15, 0.2) is 0 Å². The third kappa shape index (κ3) is 3.48. The highest BCUT2D eigenvalue weighted by molar-refractivity contribution is 6.43. The quantitative estimate of drug-likeness (QED) is 0.392. The van der Waals surface area contributed by atoms with Gasteiger partial charge in [0.05, 0.1) is 25.8 Å². The lowest BCUT2D eigenvalue weighted by Crippen LogP contribution is -1.93. The number of nitrogens with zero attached hydrogens (tertiary/aromatic N) is 1. The number of hydrogen-bond donors (Lipinski definition) is 0. The van der Waals surface area contributed by atoms with Crippen molar-refractivity contribution < 1.29 is 0 Å². The third-order valence-corrected chi connectivity index (χ3v) is 4.96. The van der Waals surface area contributed by atoms with Gasteiger partial charge in [-0.05, 0) is 30.3 Å². The van der Waals surface area contributed by atoms with Crippen LogP contribution in [0.1, 0.15) is 0 Å². The second kappa shape index (κ2) is 7.29. The molecule has 0 unspecified atom stereocenters. The molecule has 0 fully saturated rings. The fourth-order valence-electron chi connectivity index (χ4n) is 2.37. The zero-order valence-electron chi connectivity index (χ0n) is 11.8. The summed E-state index contributed by atoms with van der Waals surface area (Å²) in [5.74, 6) is 0. The molecule has 3 rings (SSSR count). The van der Waals surface area contributed by atoms with Crippen molar-refractivity contribution in [2.24, 2.45) is 0 Å². The van der Waals surface area contributed by atoms with E-state index in [1.54, 1.807) is 36.5 Å². The minimum absolute atomic E-state index is 0.383. The monoisotopic (exact) mass is 435 g/mol. The van der Waals surface area contributed by atoms with Crippen LogP contribution in [0.25, 0.3) is 22.4 Å². The highest BCUT2D eigenvalue weighted by Crippen LogP contribution is 2.44. The van der Waals surface area contributed by atoms with E-state index in [4.69, 9.17) is 69.6 Å². The second-order valence-electron chi connectivity index (χ2n) is 4.89. The van der Waals surface area contributed by atoms with Crippen LogP contribution in [0, 0.1) is 0 Å². The Kier molecular flexibility index (Phi) is 5.51. The average molecular weight is 438 g/mol. The fourth-order valence-corrected chi connectivity index (χ4v) is 4.39. The second-order valence-corrected chi connectivity index (χ2v) is 7.39. The largest absolute Gasteiger partial charge is 0.255 e. The Hall–Kier alpha value is -0.670. The summed E-state index contributed by atoms with van der Waals surface area (Å²) < 4.78 is 0. The van der Waals surface area contributed by atoms with Gasteiger partial charge in [0.25, 0.3) is 0 Å². The van der Waals surface area contributed by atoms with E-state index in [-0.39, 0.29) is 0 Å². The number of halogens is 6. The summed E-state index contributed by atoms with van der Waals surface area (Å²) in [5, 5.41) is 2.46. The summed E-state index contributed by atoms with van der Waals surface area (Å²) in [6.07, 6.45) is 1.64. The standard InChI is InChI=1S/C17H7Cl6N/c18-8-4-11(20)15(12(21)5-8)10-2-1-3-24-17(10)16-13(22)6-9(19)7-14(16)23/h1-7H. The van der Waals surface area contributed by atoms with Gasteiger partial charge in [0.2, 0.25) is 0 Å². The van der Waals surface area contributed by atoms with Gasteiger partial charge in [0.1, 0.15) is 0 Å². The van der Waals surface area contributed by atoms with E-state index in [0.717, 1.165) is 0 Å². The van der Waals surface area contributed by atoms with Crippen LogP contribution < -0.4 is 0 Å². The average Bonchev–Trinajstić information content (AvgIpc) is 2.46. The van der Waals surface area contributed by atoms with E-state index in [2.05, 4.69) is 4.98 Å². The van der Waals surface area contributed by atoms with E-state index in [9.17, 15) is 0 Å². The van der Waals surface area contributed by atoms with Crippen LogP contribution in [-0.4, -0.2) is 4.98 Å². The smallest absolute Gasteiger partial charge is 0.0811 e. The molecule has 0 saturated heterocycles. The molecule has 122 valence electrons. The maximum atomic E-state index is 6.35. The van der Waals surface area contributed by atoms with Gasteiger partial charge >= 0.3 is 0 Å². The van der Waals surface area contributed by atoms with Crippen molar-refractivity contribution in [3.63, 3.8) is 0 Å². The van der Waals surface area contributed by atoms with E-state index in [1.165, 1.54) is 0 Å². The highest BCUT2D eigenvalue weighted by atomic mass is 35.5. The number of aromatic nitrogens is 1.